The van der Waals surface area contributed by atoms with Gasteiger partial charge in [-0.25, -0.2) is 0 Å². The molecule has 2 aromatic rings. The number of alkyl halides is 3. The molecular weight excluding hydrogens is 313 g/mol. The summed E-state index contributed by atoms with van der Waals surface area (Å²) in [6.45, 7) is 5.03. The highest BCUT2D eigenvalue weighted by molar-refractivity contribution is 5.46. The van der Waals surface area contributed by atoms with Gasteiger partial charge in [0.05, 0.1) is 6.10 Å². The number of anilines is 1. The van der Waals surface area contributed by atoms with Crippen LogP contribution in [-0.4, -0.2) is 68.6 Å². The number of aliphatic hydroxyl groups excluding tert-OH is 1. The summed E-state index contributed by atoms with van der Waals surface area (Å²) < 4.78 is 39.4. The van der Waals surface area contributed by atoms with E-state index in [1.807, 2.05) is 4.90 Å². The molecule has 23 heavy (non-hydrogen) atoms. The van der Waals surface area contributed by atoms with Crippen molar-refractivity contribution in [3.63, 3.8) is 0 Å². The van der Waals surface area contributed by atoms with Crippen molar-refractivity contribution in [1.82, 2.24) is 24.7 Å². The molecule has 0 radical (unpaired) electrons. The average Bonchev–Trinajstić information content (AvgIpc) is 2.90. The number of hydrogen-bond acceptors (Lipinski definition) is 6. The SMILES string of the molecule is C[C@@H](O)CN1CCN(c2ccc3nnc(C(F)(F)F)n3n2)CC1. The molecule has 1 aliphatic rings. The van der Waals surface area contributed by atoms with Crippen molar-refractivity contribution in [3.05, 3.63) is 18.0 Å². The Morgan fingerprint density at radius 2 is 1.87 bits per heavy atom. The molecule has 0 spiro atoms. The van der Waals surface area contributed by atoms with Gasteiger partial charge in [-0.05, 0) is 19.1 Å². The number of nitrogens with zero attached hydrogens (tertiary/aromatic N) is 6. The zero-order valence-corrected chi connectivity index (χ0v) is 12.5. The van der Waals surface area contributed by atoms with Crippen LogP contribution >= 0.6 is 0 Å². The Balaban J connectivity index is 1.79. The minimum atomic E-state index is -4.60. The molecule has 1 fully saturated rings. The van der Waals surface area contributed by atoms with Crippen molar-refractivity contribution in [3.8, 4) is 0 Å². The van der Waals surface area contributed by atoms with Crippen LogP contribution in [0.5, 0.6) is 0 Å². The number of hydrogen-bond donors (Lipinski definition) is 1. The molecule has 1 saturated heterocycles. The summed E-state index contributed by atoms with van der Waals surface area (Å²) in [6, 6.07) is 3.13. The number of β-amino-alcohol motifs (C(OH)–C–C–N with tert-alkyl or cyclic N) is 1. The fourth-order valence-electron chi connectivity index (χ4n) is 2.66. The molecule has 10 heteroatoms. The van der Waals surface area contributed by atoms with Gasteiger partial charge in [0, 0.05) is 32.7 Å². The highest BCUT2D eigenvalue weighted by Crippen LogP contribution is 2.28. The molecule has 0 saturated carbocycles. The lowest BCUT2D eigenvalue weighted by atomic mass is 10.2. The molecule has 1 N–H and O–H groups in total. The van der Waals surface area contributed by atoms with Crippen molar-refractivity contribution in [2.75, 3.05) is 37.6 Å². The third-order valence-corrected chi connectivity index (χ3v) is 3.72. The molecule has 1 atom stereocenters. The average molecular weight is 330 g/mol. The van der Waals surface area contributed by atoms with Crippen LogP contribution in [-0.2, 0) is 6.18 Å². The largest absolute Gasteiger partial charge is 0.453 e. The Morgan fingerprint density at radius 3 is 2.48 bits per heavy atom. The van der Waals surface area contributed by atoms with Crippen molar-refractivity contribution in [2.45, 2.75) is 19.2 Å². The fraction of sp³-hybridized carbons (Fsp3) is 0.615. The molecule has 3 heterocycles. The number of aliphatic hydroxyl groups is 1. The maximum absolute atomic E-state index is 12.9. The Morgan fingerprint density at radius 1 is 1.17 bits per heavy atom. The minimum Gasteiger partial charge on any atom is -0.392 e. The van der Waals surface area contributed by atoms with E-state index in [1.165, 1.54) is 6.07 Å². The molecule has 1 aliphatic heterocycles. The van der Waals surface area contributed by atoms with Crippen LogP contribution in [0.2, 0.25) is 0 Å². The fourth-order valence-corrected chi connectivity index (χ4v) is 2.66. The summed E-state index contributed by atoms with van der Waals surface area (Å²) >= 11 is 0. The lowest BCUT2D eigenvalue weighted by Gasteiger charge is -2.35. The van der Waals surface area contributed by atoms with Crippen LogP contribution in [0.3, 0.4) is 0 Å². The first-order valence-electron chi connectivity index (χ1n) is 7.29. The molecule has 7 nitrogen and oxygen atoms in total. The van der Waals surface area contributed by atoms with Crippen molar-refractivity contribution in [1.29, 1.82) is 0 Å². The van der Waals surface area contributed by atoms with E-state index in [-0.39, 0.29) is 5.65 Å². The topological polar surface area (TPSA) is 69.8 Å². The first-order chi connectivity index (χ1) is 10.8. The molecule has 0 aromatic carbocycles. The summed E-state index contributed by atoms with van der Waals surface area (Å²) in [4.78, 5) is 4.03. The first kappa shape index (κ1) is 15.9. The van der Waals surface area contributed by atoms with E-state index in [0.717, 1.165) is 17.6 Å². The van der Waals surface area contributed by atoms with Gasteiger partial charge in [-0.15, -0.1) is 15.3 Å². The Hall–Kier alpha value is -1.94. The van der Waals surface area contributed by atoms with Crippen LogP contribution < -0.4 is 4.90 Å². The summed E-state index contributed by atoms with van der Waals surface area (Å²) in [5.41, 5.74) is 0.0637. The number of halogens is 3. The van der Waals surface area contributed by atoms with Gasteiger partial charge in [-0.1, -0.05) is 0 Å². The van der Waals surface area contributed by atoms with Crippen LogP contribution in [0, 0.1) is 0 Å². The molecule has 126 valence electrons. The van der Waals surface area contributed by atoms with Gasteiger partial charge in [0.1, 0.15) is 5.82 Å². The molecule has 0 bridgehead atoms. The quantitative estimate of drug-likeness (QED) is 0.891. The molecule has 2 aromatic heterocycles. The van der Waals surface area contributed by atoms with E-state index < -0.39 is 18.1 Å². The standard InChI is InChI=1S/C13H17F3N6O/c1-9(23)8-20-4-6-21(7-5-20)11-3-2-10-17-18-12(13(14,15)16)22(10)19-11/h2-3,9,23H,4-8H2,1H3/t9-/m1/s1. The number of fused-ring (bicyclic) bond motifs is 1. The zero-order chi connectivity index (χ0) is 16.6. The summed E-state index contributed by atoms with van der Waals surface area (Å²) in [6.07, 6.45) is -5.00. The van der Waals surface area contributed by atoms with Gasteiger partial charge in [0.2, 0.25) is 0 Å². The Labute approximate surface area is 130 Å². The van der Waals surface area contributed by atoms with Crippen molar-refractivity contribution < 1.29 is 18.3 Å². The summed E-state index contributed by atoms with van der Waals surface area (Å²) in [5.74, 6) is -0.665. The van der Waals surface area contributed by atoms with E-state index in [2.05, 4.69) is 20.2 Å². The van der Waals surface area contributed by atoms with E-state index in [1.54, 1.807) is 13.0 Å². The molecule has 0 amide bonds. The number of piperazine rings is 1. The predicted molar refractivity (Wildman–Crippen MR) is 76.1 cm³/mol. The van der Waals surface area contributed by atoms with E-state index in [9.17, 15) is 18.3 Å². The predicted octanol–water partition coefficient (Wildman–Crippen LogP) is 0.646. The highest BCUT2D eigenvalue weighted by atomic mass is 19.4. The lowest BCUT2D eigenvalue weighted by molar-refractivity contribution is -0.146. The van der Waals surface area contributed by atoms with Gasteiger partial charge in [-0.2, -0.15) is 17.7 Å². The second-order valence-corrected chi connectivity index (χ2v) is 5.62. The molecular formula is C13H17F3N6O. The van der Waals surface area contributed by atoms with Crippen LogP contribution in [0.15, 0.2) is 12.1 Å². The molecule has 3 rings (SSSR count). The van der Waals surface area contributed by atoms with Gasteiger partial charge in [-0.3, -0.25) is 4.90 Å². The Bertz CT molecular complexity index is 678. The smallest absolute Gasteiger partial charge is 0.392 e. The zero-order valence-electron chi connectivity index (χ0n) is 12.5. The van der Waals surface area contributed by atoms with Gasteiger partial charge >= 0.3 is 6.18 Å². The van der Waals surface area contributed by atoms with Crippen LogP contribution in [0.25, 0.3) is 5.65 Å². The monoisotopic (exact) mass is 330 g/mol. The maximum Gasteiger partial charge on any atom is 0.453 e. The normalized spacial score (nSPS) is 18.6. The van der Waals surface area contributed by atoms with Gasteiger partial charge in [0.15, 0.2) is 5.65 Å². The number of rotatable bonds is 3. The van der Waals surface area contributed by atoms with E-state index in [0.29, 0.717) is 25.5 Å². The minimum absolute atomic E-state index is 0.0637. The van der Waals surface area contributed by atoms with Gasteiger partial charge in [0.25, 0.3) is 5.82 Å². The van der Waals surface area contributed by atoms with Crippen molar-refractivity contribution >= 4 is 11.5 Å². The van der Waals surface area contributed by atoms with E-state index >= 15 is 0 Å². The third-order valence-electron chi connectivity index (χ3n) is 3.72. The molecule has 0 unspecified atom stereocenters. The number of aromatic nitrogens is 4. The summed E-state index contributed by atoms with van der Waals surface area (Å²) in [5, 5.41) is 20.1. The van der Waals surface area contributed by atoms with Crippen LogP contribution in [0.1, 0.15) is 12.7 Å². The third kappa shape index (κ3) is 3.37. The summed E-state index contributed by atoms with van der Waals surface area (Å²) in [7, 11) is 0. The van der Waals surface area contributed by atoms with E-state index in [4.69, 9.17) is 0 Å². The maximum atomic E-state index is 12.9. The van der Waals surface area contributed by atoms with Crippen molar-refractivity contribution in [2.24, 2.45) is 0 Å². The Kier molecular flexibility index (Phi) is 4.11. The molecule has 0 aliphatic carbocycles. The lowest BCUT2D eigenvalue weighted by Crippen LogP contribution is -2.48. The van der Waals surface area contributed by atoms with Crippen LogP contribution in [0.4, 0.5) is 19.0 Å². The van der Waals surface area contributed by atoms with Gasteiger partial charge < -0.3 is 10.0 Å². The second-order valence-electron chi connectivity index (χ2n) is 5.62. The second kappa shape index (κ2) is 5.93. The first-order valence-corrected chi connectivity index (χ1v) is 7.29. The highest BCUT2D eigenvalue weighted by Gasteiger charge is 2.37.